The fraction of sp³-hybridized carbons (Fsp3) is 0.500. The van der Waals surface area contributed by atoms with E-state index < -0.39 is 77.0 Å². The van der Waals surface area contributed by atoms with Crippen molar-refractivity contribution >= 4 is 56.9 Å². The summed E-state index contributed by atoms with van der Waals surface area (Å²) in [5.41, 5.74) is -0.389. The molecule has 3 aliphatic rings. The molecule has 13 heteroatoms. The van der Waals surface area contributed by atoms with Crippen molar-refractivity contribution in [3.05, 3.63) is 90.5 Å². The molecule has 0 aromatic heterocycles. The van der Waals surface area contributed by atoms with E-state index in [1.54, 1.807) is 60.7 Å². The Morgan fingerprint density at radius 3 is 2.47 bits per heavy atom. The van der Waals surface area contributed by atoms with Gasteiger partial charge in [0, 0.05) is 24.9 Å². The van der Waals surface area contributed by atoms with Crippen LogP contribution in [0.15, 0.2) is 79.9 Å². The zero-order valence-corrected chi connectivity index (χ0v) is 32.7. The number of anilines is 1. The lowest BCUT2D eigenvalue weighted by Gasteiger charge is -2.40. The number of esters is 1. The van der Waals surface area contributed by atoms with Crippen LogP contribution in [0.25, 0.3) is 0 Å². The summed E-state index contributed by atoms with van der Waals surface area (Å²) in [4.78, 5) is 60.1. The van der Waals surface area contributed by atoms with Crippen LogP contribution in [0.1, 0.15) is 51.2 Å². The van der Waals surface area contributed by atoms with E-state index in [1.807, 2.05) is 19.9 Å². The van der Waals surface area contributed by atoms with Crippen molar-refractivity contribution in [2.45, 2.75) is 80.3 Å². The Kier molecular flexibility index (Phi) is 13.6. The highest BCUT2D eigenvalue weighted by atomic mass is 79.9. The minimum Gasteiger partial charge on any atom is -0.455 e. The Morgan fingerprint density at radius 2 is 1.85 bits per heavy atom. The van der Waals surface area contributed by atoms with Crippen molar-refractivity contribution < 1.29 is 38.5 Å². The summed E-state index contributed by atoms with van der Waals surface area (Å²) in [6, 6.07) is 13.2. The number of carbonyl (C=O) groups excluding carboxylic acids is 4. The maximum atomic E-state index is 15.0. The van der Waals surface area contributed by atoms with Crippen molar-refractivity contribution in [1.82, 2.24) is 10.2 Å². The second-order valence-corrected chi connectivity index (χ2v) is 15.9. The highest BCUT2D eigenvalue weighted by molar-refractivity contribution is 9.09. The van der Waals surface area contributed by atoms with Gasteiger partial charge >= 0.3 is 5.97 Å². The standard InChI is InChI=1S/C40H49BrClN3O8/c1-6-8-18-31(47)43-29(23-51-5)34(25-14-10-9-11-15-25)52-39(50)32-33-37(48)45(26(22-46)20-24(3)4)36(40(33)21-27(41)35(32)53-40)38(49)44(19-7-2)30-17-13-12-16-28(30)42/h6-7,9-17,24,26-27,29,32-36,46H,1-2,8,18-23H2,3-5H3,(H,43,47)/t26-,27?,29+,32+,33-,34+,35+,36+,40-/m1/s1. The number of nitrogens with zero attached hydrogens (tertiary/aromatic N) is 2. The molecule has 3 amide bonds. The molecule has 3 saturated heterocycles. The first kappa shape index (κ1) is 40.6. The van der Waals surface area contributed by atoms with Gasteiger partial charge in [-0.25, -0.2) is 0 Å². The molecule has 1 spiro atoms. The predicted molar refractivity (Wildman–Crippen MR) is 205 cm³/mol. The van der Waals surface area contributed by atoms with E-state index in [4.69, 9.17) is 25.8 Å². The van der Waals surface area contributed by atoms with E-state index in [0.717, 1.165) is 0 Å². The normalized spacial score (nSPS) is 26.1. The fourth-order valence-corrected chi connectivity index (χ4v) is 9.39. The largest absolute Gasteiger partial charge is 0.455 e. The number of nitrogens with one attached hydrogen (secondary N) is 1. The van der Waals surface area contributed by atoms with Crippen LogP contribution in [0.2, 0.25) is 5.02 Å². The van der Waals surface area contributed by atoms with E-state index in [1.165, 1.54) is 16.9 Å². The first-order valence-electron chi connectivity index (χ1n) is 18.0. The highest BCUT2D eigenvalue weighted by Crippen LogP contribution is 2.61. The number of carbonyl (C=O) groups is 4. The number of ether oxygens (including phenoxy) is 3. The summed E-state index contributed by atoms with van der Waals surface area (Å²) in [7, 11) is 1.49. The molecule has 0 radical (unpaired) electrons. The maximum absolute atomic E-state index is 15.0. The topological polar surface area (TPSA) is 135 Å². The third-order valence-electron chi connectivity index (χ3n) is 10.3. The average molecular weight is 815 g/mol. The summed E-state index contributed by atoms with van der Waals surface area (Å²) >= 11 is 10.4. The quantitative estimate of drug-likeness (QED) is 0.116. The summed E-state index contributed by atoms with van der Waals surface area (Å²) in [6.45, 7) is 11.2. The molecule has 11 nitrogen and oxygen atoms in total. The van der Waals surface area contributed by atoms with E-state index in [-0.39, 0.29) is 37.8 Å². The van der Waals surface area contributed by atoms with Crippen LogP contribution in [-0.4, -0.2) is 95.2 Å². The number of amides is 3. The number of halogens is 2. The number of aliphatic hydroxyl groups is 1. The van der Waals surface area contributed by atoms with Crippen molar-refractivity contribution in [2.75, 3.05) is 31.8 Å². The number of allylic oxidation sites excluding steroid dienone is 1. The van der Waals surface area contributed by atoms with Crippen molar-refractivity contribution in [1.29, 1.82) is 0 Å². The van der Waals surface area contributed by atoms with Gasteiger partial charge < -0.3 is 34.4 Å². The summed E-state index contributed by atoms with van der Waals surface area (Å²) in [5.74, 6) is -4.05. The van der Waals surface area contributed by atoms with Gasteiger partial charge in [-0.15, -0.1) is 13.2 Å². The van der Waals surface area contributed by atoms with E-state index in [0.29, 0.717) is 29.1 Å². The second kappa shape index (κ2) is 17.7. The zero-order chi connectivity index (χ0) is 38.4. The Labute approximate surface area is 324 Å². The lowest BCUT2D eigenvalue weighted by molar-refractivity contribution is -0.163. The van der Waals surface area contributed by atoms with Crippen LogP contribution in [0.5, 0.6) is 0 Å². The van der Waals surface area contributed by atoms with Crippen LogP contribution >= 0.6 is 27.5 Å². The van der Waals surface area contributed by atoms with Gasteiger partial charge in [-0.2, -0.15) is 0 Å². The smallest absolute Gasteiger partial charge is 0.313 e. The highest BCUT2D eigenvalue weighted by Gasteiger charge is 2.77. The zero-order valence-electron chi connectivity index (χ0n) is 30.4. The number of hydrogen-bond donors (Lipinski definition) is 2. The Balaban J connectivity index is 1.57. The number of likely N-dealkylation sites (tertiary alicyclic amines) is 1. The average Bonchev–Trinajstić information content (AvgIpc) is 3.74. The second-order valence-electron chi connectivity index (χ2n) is 14.3. The molecule has 0 saturated carbocycles. The first-order valence-corrected chi connectivity index (χ1v) is 19.3. The maximum Gasteiger partial charge on any atom is 0.313 e. The van der Waals surface area contributed by atoms with Gasteiger partial charge in [0.25, 0.3) is 5.91 Å². The van der Waals surface area contributed by atoms with E-state index in [2.05, 4.69) is 34.4 Å². The van der Waals surface area contributed by atoms with E-state index in [9.17, 15) is 19.5 Å². The van der Waals surface area contributed by atoms with Crippen LogP contribution in [0, 0.1) is 17.8 Å². The molecule has 286 valence electrons. The Hall–Kier alpha value is -3.55. The molecule has 5 rings (SSSR count). The predicted octanol–water partition coefficient (Wildman–Crippen LogP) is 5.40. The molecule has 3 fully saturated rings. The molecule has 0 aliphatic carbocycles. The number of methoxy groups -OCH3 is 1. The van der Waals surface area contributed by atoms with Gasteiger partial charge in [0.2, 0.25) is 11.8 Å². The third kappa shape index (κ3) is 8.12. The van der Waals surface area contributed by atoms with Gasteiger partial charge in [0.15, 0.2) is 0 Å². The Bertz CT molecular complexity index is 1660. The lowest BCUT2D eigenvalue weighted by Crippen LogP contribution is -2.59. The molecule has 3 heterocycles. The van der Waals surface area contributed by atoms with Crippen LogP contribution in [-0.2, 0) is 33.4 Å². The van der Waals surface area contributed by atoms with Crippen molar-refractivity contribution in [2.24, 2.45) is 17.8 Å². The number of rotatable bonds is 18. The number of hydrogen-bond acceptors (Lipinski definition) is 8. The first-order chi connectivity index (χ1) is 25.4. The fourth-order valence-electron chi connectivity index (χ4n) is 8.21. The van der Waals surface area contributed by atoms with E-state index >= 15 is 4.79 Å². The summed E-state index contributed by atoms with van der Waals surface area (Å²) in [6.07, 6.45) is 2.73. The molecular weight excluding hydrogens is 766 g/mol. The number of para-hydroxylation sites is 1. The number of alkyl halides is 1. The summed E-state index contributed by atoms with van der Waals surface area (Å²) in [5, 5.41) is 14.0. The number of benzene rings is 2. The van der Waals surface area contributed by atoms with Gasteiger partial charge in [0.1, 0.15) is 17.7 Å². The number of aliphatic hydroxyl groups excluding tert-OH is 1. The lowest BCUT2D eigenvalue weighted by atomic mass is 9.70. The molecular formula is C40H49BrClN3O8. The molecule has 9 atom stereocenters. The Morgan fingerprint density at radius 1 is 1.15 bits per heavy atom. The van der Waals surface area contributed by atoms with Crippen LogP contribution in [0.4, 0.5) is 5.69 Å². The van der Waals surface area contributed by atoms with Crippen LogP contribution in [0.3, 0.4) is 0 Å². The van der Waals surface area contributed by atoms with Crippen LogP contribution < -0.4 is 10.2 Å². The molecule has 1 unspecified atom stereocenters. The summed E-state index contributed by atoms with van der Waals surface area (Å²) < 4.78 is 18.6. The van der Waals surface area contributed by atoms with Gasteiger partial charge in [-0.05, 0) is 42.9 Å². The van der Waals surface area contributed by atoms with Crippen molar-refractivity contribution in [3.63, 3.8) is 0 Å². The monoisotopic (exact) mass is 813 g/mol. The SMILES string of the molecule is C=CCCC(=O)N[C@@H](COC)[C@@H](OC(=O)[C@@H]1[C@H]2O[C@@]3(CC2Br)[C@H](C(=O)N(CC=C)c2ccccc2Cl)N([C@@H](CO)CC(C)C)C(=O)[C@@H]13)c1ccccc1. The molecule has 2 aromatic rings. The molecule has 53 heavy (non-hydrogen) atoms. The number of fused-ring (bicyclic) bond motifs is 1. The van der Waals surface area contributed by atoms with Gasteiger partial charge in [-0.1, -0.05) is 96.0 Å². The molecule has 3 aliphatic heterocycles. The van der Waals surface area contributed by atoms with Gasteiger partial charge in [0.05, 0.1) is 53.9 Å². The minimum absolute atomic E-state index is 0.0313. The van der Waals surface area contributed by atoms with Gasteiger partial charge in [-0.3, -0.25) is 19.2 Å². The third-order valence-corrected chi connectivity index (χ3v) is 11.5. The molecule has 2 N–H and O–H groups in total. The van der Waals surface area contributed by atoms with Crippen molar-refractivity contribution in [3.8, 4) is 0 Å². The molecule has 2 aromatic carbocycles. The molecule has 2 bridgehead atoms. The minimum atomic E-state index is -1.44.